The van der Waals surface area contributed by atoms with Crippen LogP contribution in [0.3, 0.4) is 0 Å². The third-order valence-corrected chi connectivity index (χ3v) is 4.63. The van der Waals surface area contributed by atoms with Crippen LogP contribution >= 0.6 is 0 Å². The summed E-state index contributed by atoms with van der Waals surface area (Å²) in [5.41, 5.74) is 0. The lowest BCUT2D eigenvalue weighted by atomic mass is 9.75. The summed E-state index contributed by atoms with van der Waals surface area (Å²) in [7, 11) is 0. The van der Waals surface area contributed by atoms with E-state index in [1.807, 2.05) is 0 Å². The Balaban J connectivity index is 1.71. The van der Waals surface area contributed by atoms with Gasteiger partial charge in [-0.15, -0.1) is 0 Å². The van der Waals surface area contributed by atoms with Crippen LogP contribution in [-0.2, 0) is 0 Å². The lowest BCUT2D eigenvalue weighted by molar-refractivity contribution is 0.246. The number of fused-ring (bicyclic) bond motifs is 2. The Morgan fingerprint density at radius 3 is 2.62 bits per heavy atom. The van der Waals surface area contributed by atoms with Crippen LogP contribution in [0.15, 0.2) is 12.2 Å². The van der Waals surface area contributed by atoms with Gasteiger partial charge in [-0.3, -0.25) is 0 Å². The first-order valence-corrected chi connectivity index (χ1v) is 6.10. The van der Waals surface area contributed by atoms with Crippen molar-refractivity contribution >= 4 is 0 Å². The Labute approximate surface area is 81.4 Å². The summed E-state index contributed by atoms with van der Waals surface area (Å²) < 4.78 is 0. The van der Waals surface area contributed by atoms with Crippen molar-refractivity contribution in [1.29, 1.82) is 0 Å². The van der Waals surface area contributed by atoms with E-state index in [9.17, 15) is 0 Å². The van der Waals surface area contributed by atoms with Crippen molar-refractivity contribution < 1.29 is 0 Å². The van der Waals surface area contributed by atoms with E-state index in [2.05, 4.69) is 12.2 Å². The molecule has 0 heterocycles. The van der Waals surface area contributed by atoms with Crippen LogP contribution in [0.4, 0.5) is 0 Å². The average molecular weight is 176 g/mol. The fourth-order valence-corrected chi connectivity index (χ4v) is 4.01. The summed E-state index contributed by atoms with van der Waals surface area (Å²) in [4.78, 5) is 0. The Hall–Kier alpha value is -0.260. The summed E-state index contributed by atoms with van der Waals surface area (Å²) in [6, 6.07) is 0. The summed E-state index contributed by atoms with van der Waals surface area (Å²) in [5, 5.41) is 0. The quantitative estimate of drug-likeness (QED) is 0.533. The SMILES string of the molecule is C1=CC(C2CC3CCC2C3)CCC1. The second-order valence-corrected chi connectivity index (χ2v) is 5.36. The molecule has 3 aliphatic rings. The van der Waals surface area contributed by atoms with Crippen LogP contribution in [0.25, 0.3) is 0 Å². The number of allylic oxidation sites excluding steroid dienone is 2. The maximum Gasteiger partial charge on any atom is -0.0202 e. The van der Waals surface area contributed by atoms with Gasteiger partial charge in [0.1, 0.15) is 0 Å². The first kappa shape index (κ1) is 8.08. The van der Waals surface area contributed by atoms with Gasteiger partial charge in [-0.2, -0.15) is 0 Å². The molecule has 4 atom stereocenters. The highest BCUT2D eigenvalue weighted by molar-refractivity contribution is 5.02. The van der Waals surface area contributed by atoms with Gasteiger partial charge in [0.25, 0.3) is 0 Å². The molecular weight excluding hydrogens is 156 g/mol. The Morgan fingerprint density at radius 2 is 2.00 bits per heavy atom. The van der Waals surface area contributed by atoms with E-state index in [0.717, 1.165) is 23.7 Å². The van der Waals surface area contributed by atoms with E-state index in [1.54, 1.807) is 25.7 Å². The van der Waals surface area contributed by atoms with Gasteiger partial charge < -0.3 is 0 Å². The monoisotopic (exact) mass is 176 g/mol. The minimum atomic E-state index is 0.976. The van der Waals surface area contributed by atoms with Crippen molar-refractivity contribution in [3.05, 3.63) is 12.2 Å². The molecule has 0 aromatic carbocycles. The minimum Gasteiger partial charge on any atom is -0.0882 e. The predicted octanol–water partition coefficient (Wildman–Crippen LogP) is 3.78. The normalized spacial score (nSPS) is 48.6. The second-order valence-electron chi connectivity index (χ2n) is 5.36. The van der Waals surface area contributed by atoms with Crippen molar-refractivity contribution in [1.82, 2.24) is 0 Å². The minimum absolute atomic E-state index is 0.976. The average Bonchev–Trinajstić information content (AvgIpc) is 2.80. The standard InChI is InChI=1S/C13H20/c1-2-4-11(5-3-1)13-9-10-6-7-12(13)8-10/h2,4,10-13H,1,3,5-9H2. The van der Waals surface area contributed by atoms with E-state index >= 15 is 0 Å². The summed E-state index contributed by atoms with van der Waals surface area (Å²) in [6.45, 7) is 0. The van der Waals surface area contributed by atoms with Gasteiger partial charge in [0.15, 0.2) is 0 Å². The van der Waals surface area contributed by atoms with Crippen LogP contribution in [0.5, 0.6) is 0 Å². The third kappa shape index (κ3) is 1.35. The predicted molar refractivity (Wildman–Crippen MR) is 55.4 cm³/mol. The summed E-state index contributed by atoms with van der Waals surface area (Å²) >= 11 is 0. The topological polar surface area (TPSA) is 0 Å². The maximum absolute atomic E-state index is 2.54. The van der Waals surface area contributed by atoms with E-state index in [4.69, 9.17) is 0 Å². The summed E-state index contributed by atoms with van der Waals surface area (Å²) in [5.74, 6) is 4.32. The van der Waals surface area contributed by atoms with Crippen LogP contribution in [0.2, 0.25) is 0 Å². The lowest BCUT2D eigenvalue weighted by Gasteiger charge is -2.30. The molecule has 0 aromatic heterocycles. The van der Waals surface area contributed by atoms with Gasteiger partial charge in [0, 0.05) is 0 Å². The molecule has 72 valence electrons. The fraction of sp³-hybridized carbons (Fsp3) is 0.846. The first-order chi connectivity index (χ1) is 6.43. The highest BCUT2D eigenvalue weighted by Crippen LogP contribution is 2.52. The van der Waals surface area contributed by atoms with E-state index in [0.29, 0.717) is 0 Å². The van der Waals surface area contributed by atoms with Crippen LogP contribution < -0.4 is 0 Å². The molecule has 0 amide bonds. The Morgan fingerprint density at radius 1 is 1.00 bits per heavy atom. The molecule has 4 unspecified atom stereocenters. The molecule has 3 aliphatic carbocycles. The van der Waals surface area contributed by atoms with Gasteiger partial charge in [0.2, 0.25) is 0 Å². The van der Waals surface area contributed by atoms with Gasteiger partial charge in [-0.25, -0.2) is 0 Å². The molecule has 0 heteroatoms. The molecular formula is C13H20. The van der Waals surface area contributed by atoms with Crippen LogP contribution in [0.1, 0.15) is 44.9 Å². The molecule has 2 fully saturated rings. The van der Waals surface area contributed by atoms with Crippen molar-refractivity contribution in [2.75, 3.05) is 0 Å². The molecule has 0 aromatic rings. The first-order valence-electron chi connectivity index (χ1n) is 6.10. The third-order valence-electron chi connectivity index (χ3n) is 4.63. The van der Waals surface area contributed by atoms with Gasteiger partial charge in [-0.1, -0.05) is 18.6 Å². The molecule has 2 bridgehead atoms. The zero-order chi connectivity index (χ0) is 8.67. The van der Waals surface area contributed by atoms with Crippen LogP contribution in [-0.4, -0.2) is 0 Å². The maximum atomic E-state index is 2.54. The Kier molecular flexibility index (Phi) is 1.96. The van der Waals surface area contributed by atoms with Crippen molar-refractivity contribution in [3.8, 4) is 0 Å². The van der Waals surface area contributed by atoms with Crippen molar-refractivity contribution in [3.63, 3.8) is 0 Å². The van der Waals surface area contributed by atoms with Crippen molar-refractivity contribution in [2.24, 2.45) is 23.7 Å². The molecule has 13 heavy (non-hydrogen) atoms. The summed E-state index contributed by atoms with van der Waals surface area (Å²) in [6.07, 6.45) is 15.5. The number of hydrogen-bond donors (Lipinski definition) is 0. The second kappa shape index (κ2) is 3.15. The molecule has 0 nitrogen and oxygen atoms in total. The highest BCUT2D eigenvalue weighted by atomic mass is 14.5. The molecule has 2 saturated carbocycles. The highest BCUT2D eigenvalue weighted by Gasteiger charge is 2.42. The van der Waals surface area contributed by atoms with Crippen LogP contribution in [0, 0.1) is 23.7 Å². The van der Waals surface area contributed by atoms with E-state index in [-0.39, 0.29) is 0 Å². The smallest absolute Gasteiger partial charge is 0.0202 e. The van der Waals surface area contributed by atoms with Crippen molar-refractivity contribution in [2.45, 2.75) is 44.9 Å². The fourth-order valence-electron chi connectivity index (χ4n) is 4.01. The largest absolute Gasteiger partial charge is 0.0882 e. The van der Waals surface area contributed by atoms with Gasteiger partial charge in [-0.05, 0) is 62.2 Å². The molecule has 3 rings (SSSR count). The van der Waals surface area contributed by atoms with E-state index < -0.39 is 0 Å². The molecule has 0 saturated heterocycles. The lowest BCUT2D eigenvalue weighted by Crippen LogP contribution is -2.20. The van der Waals surface area contributed by atoms with Gasteiger partial charge >= 0.3 is 0 Å². The number of rotatable bonds is 1. The van der Waals surface area contributed by atoms with Gasteiger partial charge in [0.05, 0.1) is 0 Å². The Bertz CT molecular complexity index is 216. The number of hydrogen-bond acceptors (Lipinski definition) is 0. The molecule has 0 radical (unpaired) electrons. The zero-order valence-corrected chi connectivity index (χ0v) is 8.41. The van der Waals surface area contributed by atoms with E-state index in [1.165, 1.54) is 19.3 Å². The molecule has 0 N–H and O–H groups in total. The molecule has 0 aliphatic heterocycles. The zero-order valence-electron chi connectivity index (χ0n) is 8.41. The molecule has 0 spiro atoms.